The van der Waals surface area contributed by atoms with Gasteiger partial charge in [-0.1, -0.05) is 42.5 Å². The normalized spacial score (nSPS) is 15.3. The Kier molecular flexibility index (Phi) is 4.67. The number of rotatable bonds is 3. The Morgan fingerprint density at radius 3 is 2.54 bits per heavy atom. The Morgan fingerprint density at radius 1 is 0.962 bits per heavy atom. The molecule has 1 fully saturated rings. The lowest BCUT2D eigenvalue weighted by molar-refractivity contribution is 0.0628. The highest BCUT2D eigenvalue weighted by atomic mass is 16.2. The fraction of sp³-hybridized carbons (Fsp3) is 0.273. The SMILES string of the molecule is Cc1ccccc1C(=O)N1CCN(Cc2cccc3cccnc23)CC1. The van der Waals surface area contributed by atoms with E-state index in [1.54, 1.807) is 0 Å². The summed E-state index contributed by atoms with van der Waals surface area (Å²) >= 11 is 0. The van der Waals surface area contributed by atoms with Gasteiger partial charge in [-0.05, 0) is 30.2 Å². The van der Waals surface area contributed by atoms with Crippen LogP contribution in [0.1, 0.15) is 21.5 Å². The van der Waals surface area contributed by atoms with Gasteiger partial charge in [-0.15, -0.1) is 0 Å². The quantitative estimate of drug-likeness (QED) is 0.729. The van der Waals surface area contributed by atoms with Gasteiger partial charge in [-0.2, -0.15) is 0 Å². The topological polar surface area (TPSA) is 36.4 Å². The Balaban J connectivity index is 1.42. The maximum Gasteiger partial charge on any atom is 0.254 e. The van der Waals surface area contributed by atoms with Crippen LogP contribution in [0.5, 0.6) is 0 Å². The molecule has 2 heterocycles. The average Bonchev–Trinajstić information content (AvgIpc) is 2.69. The summed E-state index contributed by atoms with van der Waals surface area (Å²) in [6, 6.07) is 18.3. The molecule has 1 aliphatic rings. The Bertz CT molecular complexity index is 924. The van der Waals surface area contributed by atoms with Crippen LogP contribution in [0.4, 0.5) is 0 Å². The van der Waals surface area contributed by atoms with Crippen LogP contribution in [0.3, 0.4) is 0 Å². The molecule has 3 aromatic rings. The van der Waals surface area contributed by atoms with Crippen LogP contribution in [0.25, 0.3) is 10.9 Å². The summed E-state index contributed by atoms with van der Waals surface area (Å²) in [5, 5.41) is 1.18. The number of aromatic nitrogens is 1. The lowest BCUT2D eigenvalue weighted by atomic mass is 10.1. The van der Waals surface area contributed by atoms with Crippen molar-refractivity contribution in [3.63, 3.8) is 0 Å². The molecular weight excluding hydrogens is 322 g/mol. The van der Waals surface area contributed by atoms with E-state index in [1.165, 1.54) is 10.9 Å². The molecule has 4 nitrogen and oxygen atoms in total. The number of aryl methyl sites for hydroxylation is 1. The highest BCUT2D eigenvalue weighted by molar-refractivity contribution is 5.95. The second kappa shape index (κ2) is 7.26. The van der Waals surface area contributed by atoms with E-state index in [9.17, 15) is 4.79 Å². The van der Waals surface area contributed by atoms with Crippen LogP contribution >= 0.6 is 0 Å². The number of carbonyl (C=O) groups excluding carboxylic acids is 1. The number of amides is 1. The summed E-state index contributed by atoms with van der Waals surface area (Å²) in [4.78, 5) is 21.7. The summed E-state index contributed by atoms with van der Waals surface area (Å²) in [6.45, 7) is 6.19. The standard InChI is InChI=1S/C22H23N3O/c1-17-6-2-3-10-20(17)22(26)25-14-12-24(13-15-25)16-19-8-4-7-18-9-5-11-23-21(18)19/h2-11H,12-16H2,1H3. The summed E-state index contributed by atoms with van der Waals surface area (Å²) < 4.78 is 0. The van der Waals surface area contributed by atoms with Crippen molar-refractivity contribution < 1.29 is 4.79 Å². The minimum atomic E-state index is 0.148. The van der Waals surface area contributed by atoms with E-state index >= 15 is 0 Å². The molecule has 1 aliphatic heterocycles. The molecule has 132 valence electrons. The van der Waals surface area contributed by atoms with Gasteiger partial charge in [0.25, 0.3) is 5.91 Å². The first-order valence-corrected chi connectivity index (χ1v) is 9.12. The number of fused-ring (bicyclic) bond motifs is 1. The highest BCUT2D eigenvalue weighted by Crippen LogP contribution is 2.19. The molecule has 0 bridgehead atoms. The van der Waals surface area contributed by atoms with Crippen molar-refractivity contribution in [1.82, 2.24) is 14.8 Å². The zero-order valence-corrected chi connectivity index (χ0v) is 15.1. The van der Waals surface area contributed by atoms with Crippen LogP contribution in [0.15, 0.2) is 60.8 Å². The summed E-state index contributed by atoms with van der Waals surface area (Å²) in [6.07, 6.45) is 1.85. The molecule has 0 unspecified atom stereocenters. The van der Waals surface area contributed by atoms with E-state index in [2.05, 4.69) is 34.1 Å². The first-order chi connectivity index (χ1) is 12.7. The molecule has 2 aromatic carbocycles. The van der Waals surface area contributed by atoms with E-state index in [0.29, 0.717) is 0 Å². The summed E-state index contributed by atoms with van der Waals surface area (Å²) in [7, 11) is 0. The number of para-hydroxylation sites is 1. The number of nitrogens with zero attached hydrogens (tertiary/aromatic N) is 3. The highest BCUT2D eigenvalue weighted by Gasteiger charge is 2.23. The van der Waals surface area contributed by atoms with Gasteiger partial charge in [0, 0.05) is 49.9 Å². The minimum Gasteiger partial charge on any atom is -0.336 e. The van der Waals surface area contributed by atoms with Gasteiger partial charge in [-0.25, -0.2) is 0 Å². The van der Waals surface area contributed by atoms with Gasteiger partial charge >= 0.3 is 0 Å². The minimum absolute atomic E-state index is 0.148. The molecule has 0 saturated carbocycles. The molecule has 4 rings (SSSR count). The van der Waals surface area contributed by atoms with E-state index in [0.717, 1.165) is 49.4 Å². The molecule has 0 spiro atoms. The summed E-state index contributed by atoms with van der Waals surface area (Å²) in [5.74, 6) is 0.148. The Hall–Kier alpha value is -2.72. The summed E-state index contributed by atoms with van der Waals surface area (Å²) in [5.41, 5.74) is 4.19. The van der Waals surface area contributed by atoms with Crippen LogP contribution in [0.2, 0.25) is 0 Å². The van der Waals surface area contributed by atoms with E-state index in [4.69, 9.17) is 0 Å². The van der Waals surface area contributed by atoms with Crippen LogP contribution < -0.4 is 0 Å². The molecule has 0 atom stereocenters. The fourth-order valence-corrected chi connectivity index (χ4v) is 3.63. The lowest BCUT2D eigenvalue weighted by Crippen LogP contribution is -2.48. The zero-order chi connectivity index (χ0) is 17.9. The molecule has 1 saturated heterocycles. The van der Waals surface area contributed by atoms with Crippen molar-refractivity contribution in [3.8, 4) is 0 Å². The zero-order valence-electron chi connectivity index (χ0n) is 15.1. The smallest absolute Gasteiger partial charge is 0.254 e. The molecule has 1 aromatic heterocycles. The van der Waals surface area contributed by atoms with Gasteiger partial charge < -0.3 is 4.90 Å². The van der Waals surface area contributed by atoms with Gasteiger partial charge in [0.05, 0.1) is 5.52 Å². The molecule has 0 radical (unpaired) electrons. The monoisotopic (exact) mass is 345 g/mol. The first kappa shape index (κ1) is 16.7. The maximum atomic E-state index is 12.8. The second-order valence-corrected chi connectivity index (χ2v) is 6.88. The predicted octanol–water partition coefficient (Wildman–Crippen LogP) is 3.50. The number of piperazine rings is 1. The molecule has 0 aliphatic carbocycles. The van der Waals surface area contributed by atoms with Crippen LogP contribution in [0, 0.1) is 6.92 Å². The second-order valence-electron chi connectivity index (χ2n) is 6.88. The molecular formula is C22H23N3O. The fourth-order valence-electron chi connectivity index (χ4n) is 3.63. The van der Waals surface area contributed by atoms with E-state index in [1.807, 2.05) is 48.4 Å². The van der Waals surface area contributed by atoms with Crippen molar-refractivity contribution >= 4 is 16.8 Å². The van der Waals surface area contributed by atoms with Crippen molar-refractivity contribution in [2.45, 2.75) is 13.5 Å². The predicted molar refractivity (Wildman–Crippen MR) is 104 cm³/mol. The van der Waals surface area contributed by atoms with Crippen molar-refractivity contribution in [2.75, 3.05) is 26.2 Å². The van der Waals surface area contributed by atoms with Gasteiger partial charge in [0.1, 0.15) is 0 Å². The van der Waals surface area contributed by atoms with Gasteiger partial charge in [0.2, 0.25) is 0 Å². The lowest BCUT2D eigenvalue weighted by Gasteiger charge is -2.35. The Labute approximate surface area is 154 Å². The van der Waals surface area contributed by atoms with Crippen molar-refractivity contribution in [3.05, 3.63) is 77.5 Å². The number of pyridine rings is 1. The first-order valence-electron chi connectivity index (χ1n) is 9.12. The van der Waals surface area contributed by atoms with Gasteiger partial charge in [0.15, 0.2) is 0 Å². The van der Waals surface area contributed by atoms with Crippen LogP contribution in [-0.2, 0) is 6.54 Å². The average molecular weight is 345 g/mol. The third-order valence-corrected chi connectivity index (χ3v) is 5.15. The Morgan fingerprint density at radius 2 is 1.73 bits per heavy atom. The third-order valence-electron chi connectivity index (χ3n) is 5.15. The molecule has 26 heavy (non-hydrogen) atoms. The number of benzene rings is 2. The molecule has 1 amide bonds. The molecule has 0 N–H and O–H groups in total. The van der Waals surface area contributed by atoms with Gasteiger partial charge in [-0.3, -0.25) is 14.7 Å². The molecule has 4 heteroatoms. The largest absolute Gasteiger partial charge is 0.336 e. The van der Waals surface area contributed by atoms with Crippen LogP contribution in [-0.4, -0.2) is 46.9 Å². The maximum absolute atomic E-state index is 12.8. The number of carbonyl (C=O) groups is 1. The van der Waals surface area contributed by atoms with E-state index < -0.39 is 0 Å². The van der Waals surface area contributed by atoms with Crippen molar-refractivity contribution in [1.29, 1.82) is 0 Å². The third kappa shape index (κ3) is 3.33. The number of hydrogen-bond acceptors (Lipinski definition) is 3. The van der Waals surface area contributed by atoms with E-state index in [-0.39, 0.29) is 5.91 Å². The number of hydrogen-bond donors (Lipinski definition) is 0. The van der Waals surface area contributed by atoms with Crippen molar-refractivity contribution in [2.24, 2.45) is 0 Å².